The molecular formula is C21H24ClN. The largest absolute Gasteiger partial charge is 0.341 e. The Morgan fingerprint density at radius 3 is 2.13 bits per heavy atom. The summed E-state index contributed by atoms with van der Waals surface area (Å²) in [5, 5.41) is 2.59. The van der Waals surface area contributed by atoms with Crippen LogP contribution in [-0.2, 0) is 0 Å². The zero-order valence-corrected chi connectivity index (χ0v) is 14.8. The highest BCUT2D eigenvalue weighted by Gasteiger charge is 2.10. The Hall–Kier alpha value is -1.99. The summed E-state index contributed by atoms with van der Waals surface area (Å²) < 4.78 is 0. The van der Waals surface area contributed by atoms with Crippen molar-refractivity contribution in [2.75, 3.05) is 11.4 Å². The van der Waals surface area contributed by atoms with Gasteiger partial charge in [0.2, 0.25) is 0 Å². The topological polar surface area (TPSA) is 3.24 Å². The van der Waals surface area contributed by atoms with Crippen LogP contribution in [0.3, 0.4) is 0 Å². The quantitative estimate of drug-likeness (QED) is 0.526. The molecule has 0 unspecified atom stereocenters. The molecule has 0 N–H and O–H groups in total. The van der Waals surface area contributed by atoms with Gasteiger partial charge in [0, 0.05) is 23.3 Å². The molecule has 0 bridgehead atoms. The average Bonchev–Trinajstić information content (AvgIpc) is 2.56. The molecule has 0 saturated heterocycles. The van der Waals surface area contributed by atoms with Crippen molar-refractivity contribution in [2.45, 2.75) is 26.7 Å². The number of anilines is 2. The molecule has 0 aromatic heterocycles. The van der Waals surface area contributed by atoms with Gasteiger partial charge in [0.25, 0.3) is 0 Å². The Morgan fingerprint density at radius 2 is 1.48 bits per heavy atom. The van der Waals surface area contributed by atoms with Crippen LogP contribution >= 0.6 is 12.4 Å². The summed E-state index contributed by atoms with van der Waals surface area (Å²) in [4.78, 5) is 2.38. The van der Waals surface area contributed by atoms with E-state index in [9.17, 15) is 0 Å². The molecule has 1 nitrogen and oxygen atoms in total. The normalized spacial score (nSPS) is 10.6. The molecule has 0 spiro atoms. The van der Waals surface area contributed by atoms with E-state index in [0.717, 1.165) is 6.54 Å². The van der Waals surface area contributed by atoms with Crippen LogP contribution in [0.1, 0.15) is 32.3 Å². The first-order valence-corrected chi connectivity index (χ1v) is 8.06. The SMILES string of the molecule is CCN(c1ccc(C(C)C)cc1)c1cccc2ccccc12.Cl. The fourth-order valence-corrected chi connectivity index (χ4v) is 2.97. The van der Waals surface area contributed by atoms with Crippen molar-refractivity contribution in [1.29, 1.82) is 0 Å². The summed E-state index contributed by atoms with van der Waals surface area (Å²) >= 11 is 0. The Morgan fingerprint density at radius 1 is 0.826 bits per heavy atom. The summed E-state index contributed by atoms with van der Waals surface area (Å²) in [7, 11) is 0. The van der Waals surface area contributed by atoms with Gasteiger partial charge in [0.15, 0.2) is 0 Å². The lowest BCUT2D eigenvalue weighted by atomic mass is 10.0. The number of fused-ring (bicyclic) bond motifs is 1. The Bertz CT molecular complexity index is 757. The molecule has 3 aromatic carbocycles. The number of nitrogens with zero attached hydrogens (tertiary/aromatic N) is 1. The van der Waals surface area contributed by atoms with Gasteiger partial charge in [-0.1, -0.05) is 62.4 Å². The molecule has 0 aliphatic carbocycles. The maximum atomic E-state index is 2.38. The van der Waals surface area contributed by atoms with Crippen LogP contribution in [-0.4, -0.2) is 6.54 Å². The van der Waals surface area contributed by atoms with Crippen LogP contribution in [0.2, 0.25) is 0 Å². The second kappa shape index (κ2) is 7.52. The summed E-state index contributed by atoms with van der Waals surface area (Å²) in [6.07, 6.45) is 0. The predicted octanol–water partition coefficient (Wildman–Crippen LogP) is 6.54. The van der Waals surface area contributed by atoms with Crippen LogP contribution < -0.4 is 4.90 Å². The molecule has 0 heterocycles. The van der Waals surface area contributed by atoms with Gasteiger partial charge in [-0.15, -0.1) is 12.4 Å². The van der Waals surface area contributed by atoms with Gasteiger partial charge in [-0.2, -0.15) is 0 Å². The fraction of sp³-hybridized carbons (Fsp3) is 0.238. The zero-order valence-electron chi connectivity index (χ0n) is 14.0. The van der Waals surface area contributed by atoms with Crippen molar-refractivity contribution < 1.29 is 0 Å². The molecule has 23 heavy (non-hydrogen) atoms. The van der Waals surface area contributed by atoms with Gasteiger partial charge >= 0.3 is 0 Å². The molecule has 2 heteroatoms. The van der Waals surface area contributed by atoms with E-state index in [2.05, 4.69) is 92.4 Å². The molecule has 0 atom stereocenters. The monoisotopic (exact) mass is 325 g/mol. The number of hydrogen-bond acceptors (Lipinski definition) is 1. The lowest BCUT2D eigenvalue weighted by Crippen LogP contribution is -2.16. The van der Waals surface area contributed by atoms with E-state index in [-0.39, 0.29) is 12.4 Å². The van der Waals surface area contributed by atoms with Crippen molar-refractivity contribution >= 4 is 34.6 Å². The van der Waals surface area contributed by atoms with E-state index in [1.165, 1.54) is 27.7 Å². The molecule has 120 valence electrons. The predicted molar refractivity (Wildman–Crippen MR) is 104 cm³/mol. The van der Waals surface area contributed by atoms with Gasteiger partial charge in [0.05, 0.1) is 0 Å². The highest BCUT2D eigenvalue weighted by molar-refractivity contribution is 5.96. The second-order valence-corrected chi connectivity index (χ2v) is 5.99. The van der Waals surface area contributed by atoms with Crippen LogP contribution in [0.5, 0.6) is 0 Å². The van der Waals surface area contributed by atoms with Gasteiger partial charge < -0.3 is 4.90 Å². The van der Waals surface area contributed by atoms with Crippen LogP contribution in [0.15, 0.2) is 66.7 Å². The molecule has 3 rings (SSSR count). The minimum Gasteiger partial charge on any atom is -0.341 e. The highest BCUT2D eigenvalue weighted by atomic mass is 35.5. The molecule has 0 radical (unpaired) electrons. The van der Waals surface area contributed by atoms with Gasteiger partial charge in [-0.05, 0) is 42.0 Å². The first kappa shape index (κ1) is 17.4. The highest BCUT2D eigenvalue weighted by Crippen LogP contribution is 2.32. The first-order valence-electron chi connectivity index (χ1n) is 8.06. The number of hydrogen-bond donors (Lipinski definition) is 0. The van der Waals surface area contributed by atoms with E-state index >= 15 is 0 Å². The molecule has 0 saturated carbocycles. The summed E-state index contributed by atoms with van der Waals surface area (Å²) in [5.74, 6) is 0.571. The van der Waals surface area contributed by atoms with Crippen molar-refractivity contribution in [3.05, 3.63) is 72.3 Å². The standard InChI is InChI=1S/C21H23N.ClH/c1-4-22(19-14-12-17(13-15-19)16(2)3)21-11-7-9-18-8-5-6-10-20(18)21;/h5-16H,4H2,1-3H3;1H. The first-order chi connectivity index (χ1) is 10.7. The van der Waals surface area contributed by atoms with Crippen LogP contribution in [0.4, 0.5) is 11.4 Å². The maximum Gasteiger partial charge on any atom is 0.0490 e. The molecule has 3 aromatic rings. The minimum atomic E-state index is 0. The minimum absolute atomic E-state index is 0. The Kier molecular flexibility index (Phi) is 5.68. The van der Waals surface area contributed by atoms with E-state index < -0.39 is 0 Å². The molecule has 0 fully saturated rings. The molecular weight excluding hydrogens is 302 g/mol. The molecule has 0 amide bonds. The lowest BCUT2D eigenvalue weighted by Gasteiger charge is -2.25. The number of halogens is 1. The number of rotatable bonds is 4. The number of benzene rings is 3. The third-order valence-corrected chi connectivity index (χ3v) is 4.25. The Balaban J connectivity index is 0.00000192. The van der Waals surface area contributed by atoms with Crippen molar-refractivity contribution in [3.63, 3.8) is 0 Å². The van der Waals surface area contributed by atoms with Crippen molar-refractivity contribution in [1.82, 2.24) is 0 Å². The zero-order chi connectivity index (χ0) is 15.5. The van der Waals surface area contributed by atoms with Gasteiger partial charge in [0.1, 0.15) is 0 Å². The summed E-state index contributed by atoms with van der Waals surface area (Å²) in [6, 6.07) is 24.1. The van der Waals surface area contributed by atoms with Crippen molar-refractivity contribution in [2.24, 2.45) is 0 Å². The van der Waals surface area contributed by atoms with Crippen LogP contribution in [0, 0.1) is 0 Å². The fourth-order valence-electron chi connectivity index (χ4n) is 2.97. The van der Waals surface area contributed by atoms with Crippen LogP contribution in [0.25, 0.3) is 10.8 Å². The second-order valence-electron chi connectivity index (χ2n) is 5.99. The van der Waals surface area contributed by atoms with E-state index in [4.69, 9.17) is 0 Å². The van der Waals surface area contributed by atoms with E-state index in [1.807, 2.05) is 0 Å². The third kappa shape index (κ3) is 3.51. The molecule has 0 aliphatic rings. The molecule has 0 aliphatic heterocycles. The Labute approximate surface area is 145 Å². The van der Waals surface area contributed by atoms with E-state index in [1.54, 1.807) is 0 Å². The summed E-state index contributed by atoms with van der Waals surface area (Å²) in [6.45, 7) is 7.63. The maximum absolute atomic E-state index is 2.38. The van der Waals surface area contributed by atoms with E-state index in [0.29, 0.717) is 5.92 Å². The van der Waals surface area contributed by atoms with Gasteiger partial charge in [-0.3, -0.25) is 0 Å². The van der Waals surface area contributed by atoms with Gasteiger partial charge in [-0.25, -0.2) is 0 Å². The lowest BCUT2D eigenvalue weighted by molar-refractivity contribution is 0.866. The summed E-state index contributed by atoms with van der Waals surface area (Å²) in [5.41, 5.74) is 3.92. The van der Waals surface area contributed by atoms with Crippen molar-refractivity contribution in [3.8, 4) is 0 Å². The smallest absolute Gasteiger partial charge is 0.0490 e. The third-order valence-electron chi connectivity index (χ3n) is 4.25. The average molecular weight is 326 g/mol.